The van der Waals surface area contributed by atoms with Crippen molar-refractivity contribution in [3.8, 4) is 0 Å². The minimum atomic E-state index is -0.762. The Labute approximate surface area is 123 Å². The fourth-order valence-electron chi connectivity index (χ4n) is 2.24. The lowest BCUT2D eigenvalue weighted by atomic mass is 9.90. The highest BCUT2D eigenvalue weighted by Crippen LogP contribution is 2.28. The van der Waals surface area contributed by atoms with Gasteiger partial charge in [-0.05, 0) is 32.1 Å². The zero-order valence-corrected chi connectivity index (χ0v) is 12.8. The second-order valence-corrected chi connectivity index (χ2v) is 6.34. The lowest BCUT2D eigenvalue weighted by molar-refractivity contribution is -0.145. The average molecular weight is 298 g/mol. The van der Waals surface area contributed by atoms with Gasteiger partial charge >= 0.3 is 5.97 Å². The third-order valence-corrected chi connectivity index (χ3v) is 4.84. The third kappa shape index (κ3) is 3.73. The van der Waals surface area contributed by atoms with Crippen LogP contribution in [0.3, 0.4) is 0 Å². The number of carboxylic acids is 1. The van der Waals surface area contributed by atoms with Crippen molar-refractivity contribution in [3.05, 3.63) is 6.33 Å². The van der Waals surface area contributed by atoms with E-state index in [2.05, 4.69) is 15.4 Å². The van der Waals surface area contributed by atoms with Gasteiger partial charge in [-0.1, -0.05) is 18.7 Å². The summed E-state index contributed by atoms with van der Waals surface area (Å²) in [4.78, 5) is 15.7. The van der Waals surface area contributed by atoms with E-state index >= 15 is 0 Å². The van der Waals surface area contributed by atoms with Crippen LogP contribution in [0.5, 0.6) is 0 Å². The number of hydrogen-bond acceptors (Lipinski definition) is 5. The largest absolute Gasteiger partial charge is 0.480 e. The van der Waals surface area contributed by atoms with Crippen molar-refractivity contribution in [2.24, 2.45) is 7.05 Å². The first-order chi connectivity index (χ1) is 9.57. The molecular weight excluding hydrogens is 276 g/mol. The van der Waals surface area contributed by atoms with Crippen molar-refractivity contribution in [2.75, 3.05) is 5.75 Å². The lowest BCUT2D eigenvalue weighted by Crippen LogP contribution is -2.52. The van der Waals surface area contributed by atoms with Crippen LogP contribution in [-0.2, 0) is 11.8 Å². The summed E-state index contributed by atoms with van der Waals surface area (Å²) in [6.07, 6.45) is 5.85. The molecule has 0 saturated heterocycles. The smallest absolute Gasteiger partial charge is 0.323 e. The molecule has 6 nitrogen and oxygen atoms in total. The van der Waals surface area contributed by atoms with Crippen LogP contribution in [0.2, 0.25) is 0 Å². The van der Waals surface area contributed by atoms with E-state index in [1.165, 1.54) is 6.33 Å². The zero-order chi connectivity index (χ0) is 14.6. The second kappa shape index (κ2) is 6.58. The van der Waals surface area contributed by atoms with Gasteiger partial charge in [-0.15, -0.1) is 0 Å². The summed E-state index contributed by atoms with van der Waals surface area (Å²) in [5.41, 5.74) is -0.762. The third-order valence-electron chi connectivity index (χ3n) is 3.72. The quantitative estimate of drug-likeness (QED) is 0.533. The van der Waals surface area contributed by atoms with E-state index in [9.17, 15) is 9.90 Å². The van der Waals surface area contributed by atoms with Crippen LogP contribution in [0.25, 0.3) is 0 Å². The maximum absolute atomic E-state index is 11.6. The van der Waals surface area contributed by atoms with Gasteiger partial charge < -0.3 is 5.11 Å². The number of aliphatic carboxylic acids is 1. The fraction of sp³-hybridized carbons (Fsp3) is 0.769. The van der Waals surface area contributed by atoms with Crippen LogP contribution in [0.4, 0.5) is 0 Å². The van der Waals surface area contributed by atoms with Gasteiger partial charge in [0.15, 0.2) is 5.16 Å². The van der Waals surface area contributed by atoms with Crippen LogP contribution < -0.4 is 5.32 Å². The summed E-state index contributed by atoms with van der Waals surface area (Å²) in [5, 5.41) is 17.7. The molecule has 20 heavy (non-hydrogen) atoms. The second-order valence-electron chi connectivity index (χ2n) is 5.28. The molecule has 1 atom stereocenters. The van der Waals surface area contributed by atoms with Gasteiger partial charge in [0.1, 0.15) is 11.9 Å². The van der Waals surface area contributed by atoms with E-state index in [-0.39, 0.29) is 0 Å². The summed E-state index contributed by atoms with van der Waals surface area (Å²) in [5.74, 6) is 0.129. The van der Waals surface area contributed by atoms with Crippen LogP contribution in [0.15, 0.2) is 11.5 Å². The molecule has 0 aliphatic heterocycles. The van der Waals surface area contributed by atoms with E-state index < -0.39 is 11.5 Å². The predicted molar refractivity (Wildman–Crippen MR) is 77.8 cm³/mol. The van der Waals surface area contributed by atoms with Crippen LogP contribution in [0, 0.1) is 0 Å². The number of aromatic nitrogens is 3. The van der Waals surface area contributed by atoms with Crippen LogP contribution >= 0.6 is 11.8 Å². The Morgan fingerprint density at radius 1 is 1.65 bits per heavy atom. The van der Waals surface area contributed by atoms with Crippen molar-refractivity contribution in [3.63, 3.8) is 0 Å². The number of hydrogen-bond donors (Lipinski definition) is 2. The van der Waals surface area contributed by atoms with E-state index in [0.717, 1.165) is 30.2 Å². The molecule has 7 heteroatoms. The van der Waals surface area contributed by atoms with E-state index in [0.29, 0.717) is 18.9 Å². The number of aryl methyl sites for hydroxylation is 1. The van der Waals surface area contributed by atoms with Crippen molar-refractivity contribution < 1.29 is 9.90 Å². The summed E-state index contributed by atoms with van der Waals surface area (Å²) >= 11 is 1.62. The van der Waals surface area contributed by atoms with Gasteiger partial charge in [0, 0.05) is 18.8 Å². The summed E-state index contributed by atoms with van der Waals surface area (Å²) in [7, 11) is 1.86. The molecule has 1 unspecified atom stereocenters. The van der Waals surface area contributed by atoms with Crippen LogP contribution in [0.1, 0.15) is 39.0 Å². The van der Waals surface area contributed by atoms with E-state index in [4.69, 9.17) is 0 Å². The minimum absolute atomic E-state index is 0.400. The maximum Gasteiger partial charge on any atom is 0.323 e. The molecule has 112 valence electrons. The lowest BCUT2D eigenvalue weighted by Gasteiger charge is -2.29. The van der Waals surface area contributed by atoms with Gasteiger partial charge in [0.25, 0.3) is 0 Å². The molecule has 0 bridgehead atoms. The Bertz CT molecular complexity index is 461. The highest BCUT2D eigenvalue weighted by atomic mass is 32.2. The number of rotatable bonds is 9. The minimum Gasteiger partial charge on any atom is -0.480 e. The first-order valence-corrected chi connectivity index (χ1v) is 8.04. The highest BCUT2D eigenvalue weighted by Gasteiger charge is 2.40. The molecule has 1 heterocycles. The monoisotopic (exact) mass is 298 g/mol. The molecular formula is C13H22N4O2S. The van der Waals surface area contributed by atoms with Gasteiger partial charge in [-0.25, -0.2) is 9.67 Å². The SMILES string of the molecule is CCC(CCCSc1ncnn1C)(NC1CC1)C(=O)O. The Morgan fingerprint density at radius 2 is 2.40 bits per heavy atom. The number of thioether (sulfide) groups is 1. The van der Waals surface area contributed by atoms with E-state index in [1.54, 1.807) is 16.4 Å². The number of nitrogens with one attached hydrogen (secondary N) is 1. The Morgan fingerprint density at radius 3 is 2.90 bits per heavy atom. The van der Waals surface area contributed by atoms with Crippen molar-refractivity contribution in [2.45, 2.75) is 55.8 Å². The average Bonchev–Trinajstić information content (AvgIpc) is 3.14. The van der Waals surface area contributed by atoms with Crippen molar-refractivity contribution in [1.29, 1.82) is 0 Å². The highest BCUT2D eigenvalue weighted by molar-refractivity contribution is 7.99. The number of nitrogens with zero attached hydrogens (tertiary/aromatic N) is 3. The molecule has 0 amide bonds. The maximum atomic E-state index is 11.6. The molecule has 2 N–H and O–H groups in total. The molecule has 1 saturated carbocycles. The fourth-order valence-corrected chi connectivity index (χ4v) is 3.07. The van der Waals surface area contributed by atoms with Crippen LogP contribution in [-0.4, -0.2) is 43.2 Å². The standard InChI is InChI=1S/C13H22N4O2S/c1-3-13(11(18)19,16-10-5-6-10)7-4-8-20-12-14-9-15-17(12)2/h9-10,16H,3-8H2,1-2H3,(H,18,19). The molecule has 0 aromatic carbocycles. The summed E-state index contributed by atoms with van der Waals surface area (Å²) in [6, 6.07) is 0.400. The molecule has 1 aromatic rings. The topological polar surface area (TPSA) is 80.0 Å². The van der Waals surface area contributed by atoms with Gasteiger partial charge in [0.2, 0.25) is 0 Å². The number of carboxylic acid groups (broad SMARTS) is 1. The summed E-state index contributed by atoms with van der Waals surface area (Å²) < 4.78 is 1.73. The zero-order valence-electron chi connectivity index (χ0n) is 12.0. The molecule has 0 spiro atoms. The number of carbonyl (C=O) groups is 1. The molecule has 0 radical (unpaired) electrons. The molecule has 1 aromatic heterocycles. The summed E-state index contributed by atoms with van der Waals surface area (Å²) in [6.45, 7) is 1.94. The predicted octanol–water partition coefficient (Wildman–Crippen LogP) is 1.67. The Hall–Kier alpha value is -1.08. The Kier molecular flexibility index (Phi) is 5.04. The first-order valence-electron chi connectivity index (χ1n) is 7.05. The molecule has 2 rings (SSSR count). The van der Waals surface area contributed by atoms with E-state index in [1.807, 2.05) is 14.0 Å². The van der Waals surface area contributed by atoms with Gasteiger partial charge in [-0.3, -0.25) is 10.1 Å². The van der Waals surface area contributed by atoms with Crippen molar-refractivity contribution >= 4 is 17.7 Å². The normalized spacial score (nSPS) is 17.9. The Balaban J connectivity index is 1.82. The molecule has 1 fully saturated rings. The molecule has 1 aliphatic rings. The first kappa shape index (κ1) is 15.3. The van der Waals surface area contributed by atoms with Crippen molar-refractivity contribution in [1.82, 2.24) is 20.1 Å². The van der Waals surface area contributed by atoms with Gasteiger partial charge in [-0.2, -0.15) is 5.10 Å². The van der Waals surface area contributed by atoms with Gasteiger partial charge in [0.05, 0.1) is 0 Å². The molecule has 1 aliphatic carbocycles.